The van der Waals surface area contributed by atoms with Crippen molar-refractivity contribution in [2.24, 2.45) is 0 Å². The van der Waals surface area contributed by atoms with Gasteiger partial charge in [0, 0.05) is 46.3 Å². The van der Waals surface area contributed by atoms with E-state index in [9.17, 15) is 47.9 Å². The molecule has 0 fully saturated rings. The maximum Gasteiger partial charge on any atom is 0.340 e. The van der Waals surface area contributed by atoms with Crippen molar-refractivity contribution in [3.05, 3.63) is 195 Å². The summed E-state index contributed by atoms with van der Waals surface area (Å²) in [5.41, 5.74) is 5.71. The van der Waals surface area contributed by atoms with Gasteiger partial charge in [0.25, 0.3) is 0 Å². The highest BCUT2D eigenvalue weighted by molar-refractivity contribution is 7.19. The third-order valence-electron chi connectivity index (χ3n) is 15.4. The molecule has 0 unspecified atom stereocenters. The van der Waals surface area contributed by atoms with E-state index in [1.165, 1.54) is 115 Å². The Morgan fingerprint density at radius 3 is 1.02 bits per heavy atom. The minimum atomic E-state index is -0.485. The van der Waals surface area contributed by atoms with E-state index in [1.54, 1.807) is 42.5 Å². The van der Waals surface area contributed by atoms with Crippen LogP contribution >= 0.6 is 79.4 Å². The monoisotopic (exact) mass is 1690 g/mol. The van der Waals surface area contributed by atoms with Crippen molar-refractivity contribution in [1.29, 1.82) is 0 Å². The number of urea groups is 5. The number of ether oxygens (including phenoxy) is 5. The molecule has 114 heavy (non-hydrogen) atoms. The number of esters is 5. The maximum absolute atomic E-state index is 12.2. The number of nitrogens with zero attached hydrogens (tertiary/aromatic N) is 2. The smallest absolute Gasteiger partial charge is 0.340 e. The summed E-state index contributed by atoms with van der Waals surface area (Å²) >= 11 is 9.63. The highest BCUT2D eigenvalue weighted by Crippen LogP contribution is 2.40. The Kier molecular flexibility index (Phi) is 34.1. The van der Waals surface area contributed by atoms with Crippen molar-refractivity contribution in [1.82, 2.24) is 10.2 Å². The molecule has 10 N–H and O–H groups in total. The Hall–Kier alpha value is -10.9. The van der Waals surface area contributed by atoms with Crippen LogP contribution in [0, 0.1) is 27.7 Å². The van der Waals surface area contributed by atoms with E-state index in [0.29, 0.717) is 75.0 Å². The molecule has 0 aliphatic carbocycles. The molecule has 0 bridgehead atoms. The van der Waals surface area contributed by atoms with Gasteiger partial charge in [-0.2, -0.15) is 0 Å². The largest absolute Gasteiger partial charge is 0.465 e. The number of carbonyl (C=O) groups is 10. The maximum atomic E-state index is 12.2. The summed E-state index contributed by atoms with van der Waals surface area (Å²) in [6.45, 7) is 32.2. The van der Waals surface area contributed by atoms with Gasteiger partial charge in [-0.25, -0.2) is 47.9 Å². The van der Waals surface area contributed by atoms with E-state index in [-0.39, 0.29) is 28.2 Å². The Balaban J connectivity index is 0.000000222. The SMILES string of the molecule is CCc1nnc(NC(=O)Nc2sc(C(C)(C)C)cc2C(=O)OC)s1.COC(=O)c1cc(C(C)(C)C)sc1NC(=O)Nc1ccc(C)cc1.COC(=O)c1cc(C(C)(C)C)sc1NC(=O)Nc1ccccc1.COC(=O)c1cc(C(C)C)sc1NC(=O)Nc1ccc(C)s1.COC(=O)c1cc(C)sc1NC(=O)Nc1ccc(C)cc1. The van der Waals surface area contributed by atoms with Gasteiger partial charge in [0.05, 0.1) is 68.4 Å². The van der Waals surface area contributed by atoms with E-state index in [4.69, 9.17) is 23.7 Å². The van der Waals surface area contributed by atoms with Crippen molar-refractivity contribution in [2.45, 2.75) is 139 Å². The molecule has 10 aromatic rings. The third-order valence-corrected chi connectivity index (χ3v) is 24.0. The van der Waals surface area contributed by atoms with Gasteiger partial charge >= 0.3 is 60.0 Å². The molecular formula is C80H96N12O15S7. The van der Waals surface area contributed by atoms with Crippen LogP contribution in [0.2, 0.25) is 0 Å². The van der Waals surface area contributed by atoms with Crippen molar-refractivity contribution in [2.75, 3.05) is 88.7 Å². The lowest BCUT2D eigenvalue weighted by molar-refractivity contribution is 0.0593. The number of benzene rings is 3. The van der Waals surface area contributed by atoms with Gasteiger partial charge in [-0.1, -0.05) is 148 Å². The molecule has 3 aromatic carbocycles. The van der Waals surface area contributed by atoms with E-state index in [0.717, 1.165) is 56.8 Å². The molecule has 10 amide bonds. The number of anilines is 10. The van der Waals surface area contributed by atoms with Gasteiger partial charge in [0.2, 0.25) is 5.13 Å². The fourth-order valence-corrected chi connectivity index (χ4v) is 16.0. The van der Waals surface area contributed by atoms with Crippen LogP contribution in [0.15, 0.2) is 121 Å². The van der Waals surface area contributed by atoms with Gasteiger partial charge < -0.3 is 39.6 Å². The summed E-state index contributed by atoms with van der Waals surface area (Å²) < 4.78 is 23.9. The van der Waals surface area contributed by atoms with Crippen molar-refractivity contribution >= 4 is 192 Å². The van der Waals surface area contributed by atoms with Crippen LogP contribution in [0.5, 0.6) is 0 Å². The van der Waals surface area contributed by atoms with Crippen LogP contribution in [-0.2, 0) is 46.4 Å². The Bertz CT molecular complexity index is 4970. The van der Waals surface area contributed by atoms with E-state index in [2.05, 4.69) is 84.1 Å². The van der Waals surface area contributed by atoms with Crippen molar-refractivity contribution < 1.29 is 71.6 Å². The average molecular weight is 1690 g/mol. The second-order valence-corrected chi connectivity index (χ2v) is 36.0. The molecule has 0 aliphatic heterocycles. The second-order valence-electron chi connectivity index (χ2n) is 28.2. The Morgan fingerprint density at radius 2 is 0.684 bits per heavy atom. The van der Waals surface area contributed by atoms with Crippen LogP contribution < -0.4 is 53.2 Å². The minimum Gasteiger partial charge on any atom is -0.465 e. The lowest BCUT2D eigenvalue weighted by Crippen LogP contribution is -2.20. The molecule has 7 heterocycles. The molecule has 34 heteroatoms. The first-order valence-corrected chi connectivity index (χ1v) is 40.9. The summed E-state index contributed by atoms with van der Waals surface area (Å²) in [6.07, 6.45) is 0.757. The highest BCUT2D eigenvalue weighted by Gasteiger charge is 2.29. The first-order chi connectivity index (χ1) is 53.6. The fourth-order valence-electron chi connectivity index (χ4n) is 9.28. The van der Waals surface area contributed by atoms with Gasteiger partial charge in [-0.3, -0.25) is 37.2 Å². The first kappa shape index (κ1) is 92.0. The van der Waals surface area contributed by atoms with Crippen molar-refractivity contribution in [3.63, 3.8) is 0 Å². The quantitative estimate of drug-likeness (QED) is 0.0299. The molecule has 10 rings (SSSR count). The van der Waals surface area contributed by atoms with E-state index in [1.807, 2.05) is 169 Å². The number of hydrogen-bond acceptors (Lipinski definition) is 24. The predicted molar refractivity (Wildman–Crippen MR) is 464 cm³/mol. The minimum absolute atomic E-state index is 0.122. The van der Waals surface area contributed by atoms with E-state index < -0.39 is 54.0 Å². The fraction of sp³-hybridized carbons (Fsp3) is 0.325. The number of thiophene rings is 6. The molecule has 608 valence electrons. The number of carbonyl (C=O) groups excluding carboxylic acids is 10. The molecular weight excluding hydrogens is 1590 g/mol. The third kappa shape index (κ3) is 28.3. The zero-order valence-electron chi connectivity index (χ0n) is 67.2. The number of rotatable bonds is 17. The normalized spacial score (nSPS) is 10.8. The summed E-state index contributed by atoms with van der Waals surface area (Å²) in [7, 11) is 6.60. The van der Waals surface area contributed by atoms with Crippen molar-refractivity contribution in [3.8, 4) is 0 Å². The molecule has 27 nitrogen and oxygen atoms in total. The molecule has 7 aromatic heterocycles. The summed E-state index contributed by atoms with van der Waals surface area (Å²) in [6, 6.07) is 34.5. The number of amides is 10. The van der Waals surface area contributed by atoms with Gasteiger partial charge in [0.15, 0.2) is 0 Å². The van der Waals surface area contributed by atoms with Crippen LogP contribution in [0.4, 0.5) is 76.2 Å². The standard InChI is InChI=1S/C18H22N2O3S.C17H20N2O3S.C15H20N4O3S2.C15H18N2O3S2.C15H16N2O3S/c1-11-6-8-12(9-7-11)19-17(22)20-15-13(16(21)23-5)10-14(24-15)18(2,3)4;1-17(2,3)13-10-12(15(20)22-4)14(23-13)19-16(21)18-11-8-6-5-7-9-11;1-6-10-18-19-14(24-10)17-13(21)16-11-8(12(20)22-5)7-9(23-11)15(2,3)4;1-8(2)11-7-10(14(18)20-4)13(22-11)17-15(19)16-12-6-5-9(3)21-12;1-9-4-6-11(7-5-9)16-15(19)17-13-12(14(18)20-3)8-10(2)21-13/h6-10H,1-5H3,(H2,19,20,22);5-10H,1-4H3,(H2,18,19,21);7H,6H2,1-5H3,(H2,16,17,19,21);5-8H,1-4H3,(H2,16,17,19);4-8H,1-3H3,(H2,16,17,19). The topological polar surface area (TPSA) is 363 Å². The zero-order valence-corrected chi connectivity index (χ0v) is 72.9. The number of hydrogen-bond donors (Lipinski definition) is 10. The Labute approximate surface area is 691 Å². The van der Waals surface area contributed by atoms with Crippen LogP contribution in [0.3, 0.4) is 0 Å². The number of aromatic nitrogens is 2. The number of para-hydroxylation sites is 1. The number of methoxy groups -OCH3 is 5. The summed E-state index contributed by atoms with van der Waals surface area (Å²) in [4.78, 5) is 126. The van der Waals surface area contributed by atoms with E-state index >= 15 is 0 Å². The number of nitrogens with one attached hydrogen (secondary N) is 10. The second kappa shape index (κ2) is 42.3. The number of aryl methyl sites for hydroxylation is 5. The first-order valence-electron chi connectivity index (χ1n) is 35.2. The van der Waals surface area contributed by atoms with Gasteiger partial charge in [-0.05, 0) is 135 Å². The van der Waals surface area contributed by atoms with Crippen LogP contribution in [-0.4, -0.2) is 106 Å². The zero-order chi connectivity index (χ0) is 84.5. The lowest BCUT2D eigenvalue weighted by Gasteiger charge is -2.15. The Morgan fingerprint density at radius 1 is 0.351 bits per heavy atom. The molecule has 0 aliphatic rings. The average Bonchev–Trinajstić information content (AvgIpc) is 1.67. The summed E-state index contributed by atoms with van der Waals surface area (Å²) in [5, 5.41) is 39.4. The molecule has 0 saturated carbocycles. The summed E-state index contributed by atoms with van der Waals surface area (Å²) in [5.74, 6) is -2.07. The van der Waals surface area contributed by atoms with Crippen LogP contribution in [0.25, 0.3) is 0 Å². The predicted octanol–water partition coefficient (Wildman–Crippen LogP) is 21.6. The molecule has 0 saturated heterocycles. The lowest BCUT2D eigenvalue weighted by atomic mass is 9.94. The van der Waals surface area contributed by atoms with Crippen LogP contribution in [0.1, 0.15) is 186 Å². The van der Waals surface area contributed by atoms with Gasteiger partial charge in [0.1, 0.15) is 30.0 Å². The van der Waals surface area contributed by atoms with Gasteiger partial charge in [-0.15, -0.1) is 78.2 Å². The molecule has 0 spiro atoms. The molecule has 0 atom stereocenters. The highest BCUT2D eigenvalue weighted by atomic mass is 32.1. The molecule has 0 radical (unpaired) electrons.